The molecular weight excluding hydrogens is 1580 g/mol. The van der Waals surface area contributed by atoms with Gasteiger partial charge in [-0.1, -0.05) is 173 Å². The zero-order chi connectivity index (χ0) is 87.0. The fraction of sp³-hybridized carbons (Fsp3) is 0.253. The zero-order valence-electron chi connectivity index (χ0n) is 68.4. The number of hydrogen-bond donors (Lipinski definition) is 5. The Morgan fingerprint density at radius 1 is 0.377 bits per heavy atom. The summed E-state index contributed by atoms with van der Waals surface area (Å²) in [6.07, 6.45) is 1.95. The summed E-state index contributed by atoms with van der Waals surface area (Å²) in [5, 5.41) is 21.5. The number of Topliss-reactive ketones (excluding diaryl/α,β-unsaturated/α-hetero) is 4. The van der Waals surface area contributed by atoms with E-state index >= 15 is 0 Å². The van der Waals surface area contributed by atoms with Crippen molar-refractivity contribution in [2.24, 2.45) is 22.9 Å². The Morgan fingerprint density at radius 2 is 0.648 bits per heavy atom. The maximum atomic E-state index is 12.9. The zero-order valence-corrected chi connectivity index (χ0v) is 70.4. The van der Waals surface area contributed by atoms with Gasteiger partial charge in [-0.25, -0.2) is 14.4 Å². The van der Waals surface area contributed by atoms with Crippen LogP contribution in [0.5, 0.6) is 23.0 Å². The molecule has 4 aromatic heterocycles. The first-order valence-corrected chi connectivity index (χ1v) is 38.9. The standard InChI is InChI=1S/C27H31N3O6.C22H22N2O5.2C21H20N2O5.Na/c1-2-20-25(26(32)27(28)33)24-21(30(20)17-19-7-4-3-5-8-19)9-6-10-22(24)36-18-23(31)35-16-13-29-11-14-34-15-12-29;1-3-15-20(21(26)22(23)27)19-16(24(15)12-14-8-5-4-6-9-14)10-7-11-17(19)29-13-18(25)28-2;2*1-2-14-19(20(26)21(22)27)18-15(9-6-10-16(18)28-12-17(24)25)23(14)11-13-7-4-3-5-8-13;/h3-10H,2,11-18H2,1H3,(H2,28,33);4-11H,3,12-13H2,1-2H3,(H2,23,27);2*3-10H,2,11-12H2,1H3,(H2,22,27)(H,24,25);/q;;;;+1/p-1. The summed E-state index contributed by atoms with van der Waals surface area (Å²) in [7, 11) is 1.26. The molecule has 30 nitrogen and oxygen atoms in total. The van der Waals surface area contributed by atoms with Crippen molar-refractivity contribution in [1.82, 2.24) is 23.2 Å². The Bertz CT molecular complexity index is 5660. The molecule has 0 radical (unpaired) electrons. The van der Waals surface area contributed by atoms with Gasteiger partial charge in [0.25, 0.3) is 46.8 Å². The Balaban J connectivity index is 0.000000185. The predicted octanol–water partition coefficient (Wildman–Crippen LogP) is 5.08. The van der Waals surface area contributed by atoms with Crippen molar-refractivity contribution in [2.75, 3.05) is 73.0 Å². The van der Waals surface area contributed by atoms with E-state index in [0.29, 0.717) is 138 Å². The van der Waals surface area contributed by atoms with Gasteiger partial charge in [0.2, 0.25) is 0 Å². The van der Waals surface area contributed by atoms with Crippen LogP contribution in [0.4, 0.5) is 0 Å². The van der Waals surface area contributed by atoms with Crippen LogP contribution in [0.3, 0.4) is 0 Å². The molecule has 1 saturated heterocycles. The van der Waals surface area contributed by atoms with Crippen LogP contribution in [-0.2, 0) is 104 Å². The quantitative estimate of drug-likeness (QED) is 0.0150. The van der Waals surface area contributed by atoms with Crippen molar-refractivity contribution in [2.45, 2.75) is 79.6 Å². The summed E-state index contributed by atoms with van der Waals surface area (Å²) in [6, 6.07) is 59.7. The average Bonchev–Trinajstić information content (AvgIpc) is 1.62. The molecule has 31 heteroatoms. The number of carboxylic acid groups (broad SMARTS) is 2. The Labute approximate surface area is 723 Å². The van der Waals surface area contributed by atoms with Gasteiger partial charge >= 0.3 is 47.5 Å². The van der Waals surface area contributed by atoms with E-state index in [1.165, 1.54) is 7.11 Å². The average molecular weight is 1670 g/mol. The number of aliphatic carboxylic acids is 2. The van der Waals surface area contributed by atoms with Crippen LogP contribution in [-0.4, -0.2) is 172 Å². The molecule has 8 aromatic carbocycles. The van der Waals surface area contributed by atoms with E-state index in [-0.39, 0.29) is 83.1 Å². The van der Waals surface area contributed by atoms with E-state index in [4.69, 9.17) is 56.5 Å². The van der Waals surface area contributed by atoms with E-state index < -0.39 is 83.9 Å². The number of ether oxygens (including phenoxy) is 7. The summed E-state index contributed by atoms with van der Waals surface area (Å²) in [4.78, 5) is 146. The number of benzene rings is 8. The van der Waals surface area contributed by atoms with Crippen LogP contribution in [0.1, 0.15) is 114 Å². The molecule has 0 unspecified atom stereocenters. The maximum Gasteiger partial charge on any atom is 1.00 e. The second-order valence-electron chi connectivity index (χ2n) is 27.5. The number of ketones is 4. The van der Waals surface area contributed by atoms with E-state index in [9.17, 15) is 62.6 Å². The van der Waals surface area contributed by atoms with Gasteiger partial charge in [0.05, 0.1) is 92.2 Å². The number of amides is 4. The molecule has 1 aliphatic rings. The van der Waals surface area contributed by atoms with Crippen LogP contribution in [0, 0.1) is 0 Å². The molecule has 9 N–H and O–H groups in total. The fourth-order valence-electron chi connectivity index (χ4n) is 14.7. The van der Waals surface area contributed by atoms with E-state index in [2.05, 4.69) is 9.64 Å². The third-order valence-electron chi connectivity index (χ3n) is 19.9. The molecular formula is C91H92N9NaO21. The number of aromatic nitrogens is 4. The van der Waals surface area contributed by atoms with Crippen LogP contribution in [0.25, 0.3) is 43.6 Å². The summed E-state index contributed by atoms with van der Waals surface area (Å²) in [5.41, 5.74) is 31.6. The third kappa shape index (κ3) is 22.3. The number of carbonyl (C=O) groups excluding carboxylic acids is 11. The van der Waals surface area contributed by atoms with Gasteiger partial charge in [-0.15, -0.1) is 0 Å². The fourth-order valence-corrected chi connectivity index (χ4v) is 14.7. The Hall–Kier alpha value is -13.5. The normalized spacial score (nSPS) is 11.6. The maximum absolute atomic E-state index is 12.9. The Morgan fingerprint density at radius 3 is 0.902 bits per heavy atom. The second kappa shape index (κ2) is 44.0. The number of nitrogens with two attached hydrogens (primary N) is 4. The minimum absolute atomic E-state index is 0. The molecule has 0 spiro atoms. The molecule has 4 amide bonds. The van der Waals surface area contributed by atoms with E-state index in [1.807, 2.05) is 185 Å². The van der Waals surface area contributed by atoms with Crippen molar-refractivity contribution < 1.29 is 130 Å². The summed E-state index contributed by atoms with van der Waals surface area (Å²) in [5.74, 6) is -9.99. The first kappa shape index (κ1) is 92.4. The molecule has 0 atom stereocenters. The van der Waals surface area contributed by atoms with Crippen LogP contribution >= 0.6 is 0 Å². The van der Waals surface area contributed by atoms with Gasteiger partial charge in [0, 0.05) is 68.6 Å². The Kier molecular flexibility index (Phi) is 33.3. The number of carboxylic acids is 2. The van der Waals surface area contributed by atoms with Gasteiger partial charge in [-0.3, -0.25) is 43.3 Å². The number of rotatable bonds is 35. The van der Waals surface area contributed by atoms with Crippen molar-refractivity contribution in [3.8, 4) is 23.0 Å². The molecule has 1 fully saturated rings. The van der Waals surface area contributed by atoms with Gasteiger partial charge < -0.3 is 89.4 Å². The first-order chi connectivity index (χ1) is 58.3. The van der Waals surface area contributed by atoms with Gasteiger partial charge in [0.1, 0.15) is 36.2 Å². The predicted molar refractivity (Wildman–Crippen MR) is 446 cm³/mol. The molecule has 0 bridgehead atoms. The number of primary amides is 4. The van der Waals surface area contributed by atoms with Gasteiger partial charge in [-0.2, -0.15) is 0 Å². The van der Waals surface area contributed by atoms with Crippen LogP contribution in [0.15, 0.2) is 194 Å². The summed E-state index contributed by atoms with van der Waals surface area (Å²) < 4.78 is 45.3. The molecule has 122 heavy (non-hydrogen) atoms. The molecule has 5 heterocycles. The number of fused-ring (bicyclic) bond motifs is 4. The second-order valence-corrected chi connectivity index (χ2v) is 27.5. The molecule has 628 valence electrons. The van der Waals surface area contributed by atoms with Crippen molar-refractivity contribution >= 4 is 114 Å². The van der Waals surface area contributed by atoms with Crippen LogP contribution in [0.2, 0.25) is 0 Å². The third-order valence-corrected chi connectivity index (χ3v) is 19.9. The monoisotopic (exact) mass is 1670 g/mol. The SMILES string of the molecule is CCc1c(C(=O)C(N)=O)c2c(OCC(=O)O)cccc2n1Cc1ccccc1.CCc1c(C(=O)C(N)=O)c2c(OCC(=O)OC)cccc2n1Cc1ccccc1.CCc1c(C(=O)C(N)=O)c2c(OCC(=O)OCCN3CCOCC3)cccc2n1Cc1ccccc1.CCc1c(C(=O)C(N)=O)c2c(OCC(=O)[O-])cccc2n1Cc1ccccc1.[Na+]. The number of methoxy groups -OCH3 is 1. The number of nitrogens with zero attached hydrogens (tertiary/aromatic N) is 5. The van der Waals surface area contributed by atoms with Crippen molar-refractivity contribution in [3.05, 3.63) is 261 Å². The molecule has 1 aliphatic heterocycles. The summed E-state index contributed by atoms with van der Waals surface area (Å²) in [6.45, 7) is 11.5. The van der Waals surface area contributed by atoms with Crippen LogP contribution < -0.4 is 76.5 Å². The minimum atomic E-state index is -1.39. The van der Waals surface area contributed by atoms with Crippen molar-refractivity contribution in [1.29, 1.82) is 0 Å². The number of morpholine rings is 1. The molecule has 13 rings (SSSR count). The number of carbonyl (C=O) groups is 12. The summed E-state index contributed by atoms with van der Waals surface area (Å²) >= 11 is 0. The van der Waals surface area contributed by atoms with Gasteiger partial charge in [0.15, 0.2) is 19.8 Å². The van der Waals surface area contributed by atoms with E-state index in [0.717, 1.165) is 46.4 Å². The minimum Gasteiger partial charge on any atom is -0.546 e. The number of esters is 2. The van der Waals surface area contributed by atoms with E-state index in [1.54, 1.807) is 54.6 Å². The molecule has 12 aromatic rings. The molecule has 0 saturated carbocycles. The topological polar surface area (TPSA) is 440 Å². The first-order valence-electron chi connectivity index (χ1n) is 38.9. The van der Waals surface area contributed by atoms with Crippen molar-refractivity contribution in [3.63, 3.8) is 0 Å². The smallest absolute Gasteiger partial charge is 0.546 e. The molecule has 0 aliphatic carbocycles. The number of hydrogen-bond acceptors (Lipinski definition) is 21. The van der Waals surface area contributed by atoms with Gasteiger partial charge in [-0.05, 0) is 96.5 Å². The largest absolute Gasteiger partial charge is 1.00 e.